The normalized spacial score (nSPS) is 17.5. The molecule has 1 fully saturated rings. The number of halogens is 1. The van der Waals surface area contributed by atoms with Crippen LogP contribution < -0.4 is 4.90 Å². The van der Waals surface area contributed by atoms with E-state index in [0.29, 0.717) is 11.3 Å². The van der Waals surface area contributed by atoms with Crippen molar-refractivity contribution < 1.29 is 14.7 Å². The Morgan fingerprint density at radius 3 is 2.43 bits per heavy atom. The molecule has 6 heteroatoms. The summed E-state index contributed by atoms with van der Waals surface area (Å²) in [6.45, 7) is 3.98. The van der Waals surface area contributed by atoms with E-state index in [1.54, 1.807) is 6.07 Å². The number of carbonyl (C=O) groups is 2. The smallest absolute Gasteiger partial charge is 0.300 e. The monoisotopic (exact) mass is 528 g/mol. The second-order valence-corrected chi connectivity index (χ2v) is 9.72. The van der Waals surface area contributed by atoms with Gasteiger partial charge in [-0.3, -0.25) is 14.5 Å². The van der Waals surface area contributed by atoms with Gasteiger partial charge in [-0.1, -0.05) is 59.3 Å². The lowest BCUT2D eigenvalue weighted by molar-refractivity contribution is -0.132. The molecule has 1 unspecified atom stereocenters. The summed E-state index contributed by atoms with van der Waals surface area (Å²) in [5, 5.41) is 12.4. The maximum Gasteiger partial charge on any atom is 0.300 e. The Morgan fingerprint density at radius 2 is 1.74 bits per heavy atom. The van der Waals surface area contributed by atoms with Gasteiger partial charge in [-0.25, -0.2) is 0 Å². The maximum atomic E-state index is 13.5. The van der Waals surface area contributed by atoms with Gasteiger partial charge in [0.05, 0.1) is 11.6 Å². The van der Waals surface area contributed by atoms with Crippen molar-refractivity contribution in [3.05, 3.63) is 105 Å². The molecule has 0 bridgehead atoms. The first-order valence-corrected chi connectivity index (χ1v) is 12.3. The third-order valence-corrected chi connectivity index (χ3v) is 7.61. The number of hydrogen-bond donors (Lipinski definition) is 1. The predicted octanol–water partition coefficient (Wildman–Crippen LogP) is 6.44. The van der Waals surface area contributed by atoms with Gasteiger partial charge in [-0.05, 0) is 54.8 Å². The molecule has 3 aromatic carbocycles. The van der Waals surface area contributed by atoms with Crippen molar-refractivity contribution in [3.63, 3.8) is 0 Å². The first kappa shape index (κ1) is 23.1. The Morgan fingerprint density at radius 1 is 1.03 bits per heavy atom. The summed E-state index contributed by atoms with van der Waals surface area (Å²) in [4.78, 5) is 28.5. The number of benzene rings is 3. The highest BCUT2D eigenvalue weighted by atomic mass is 79.9. The van der Waals surface area contributed by atoms with E-state index < -0.39 is 17.7 Å². The molecule has 1 saturated heterocycles. The molecule has 1 atom stereocenters. The summed E-state index contributed by atoms with van der Waals surface area (Å²) in [6.07, 6.45) is 2.81. The number of carbonyl (C=O) groups excluding carboxylic acids is 2. The first-order chi connectivity index (χ1) is 16.8. The number of aromatic nitrogens is 1. The number of Topliss-reactive ketones (excluding diaryl/α,β-unsaturated/α-hetero) is 1. The zero-order chi connectivity index (χ0) is 24.9. The average molecular weight is 529 g/mol. The molecule has 35 heavy (non-hydrogen) atoms. The van der Waals surface area contributed by atoms with Crippen LogP contribution in [0.2, 0.25) is 0 Å². The minimum absolute atomic E-state index is 0.0904. The summed E-state index contributed by atoms with van der Waals surface area (Å²) in [5.74, 6) is -1.52. The van der Waals surface area contributed by atoms with Crippen LogP contribution in [-0.4, -0.2) is 21.4 Å². The van der Waals surface area contributed by atoms with Crippen LogP contribution in [0.5, 0.6) is 0 Å². The molecule has 5 nitrogen and oxygen atoms in total. The minimum Gasteiger partial charge on any atom is -0.507 e. The van der Waals surface area contributed by atoms with E-state index in [0.717, 1.165) is 38.5 Å². The van der Waals surface area contributed by atoms with Gasteiger partial charge in [-0.15, -0.1) is 0 Å². The zero-order valence-electron chi connectivity index (χ0n) is 19.7. The van der Waals surface area contributed by atoms with Crippen LogP contribution in [0.3, 0.4) is 0 Å². The second-order valence-electron chi connectivity index (χ2n) is 8.87. The molecule has 0 radical (unpaired) electrons. The Bertz CT molecular complexity index is 1510. The van der Waals surface area contributed by atoms with Crippen molar-refractivity contribution in [3.8, 4) is 0 Å². The van der Waals surface area contributed by atoms with Gasteiger partial charge in [-0.2, -0.15) is 0 Å². The van der Waals surface area contributed by atoms with Crippen molar-refractivity contribution in [2.24, 2.45) is 7.05 Å². The van der Waals surface area contributed by atoms with Gasteiger partial charge in [0, 0.05) is 45.4 Å². The van der Waals surface area contributed by atoms with E-state index in [1.165, 1.54) is 4.90 Å². The third kappa shape index (κ3) is 3.78. The number of amides is 1. The number of aliphatic hydroxyl groups excluding tert-OH is 1. The number of aryl methyl sites for hydroxylation is 3. The molecule has 5 rings (SSSR count). The van der Waals surface area contributed by atoms with E-state index in [-0.39, 0.29) is 11.3 Å². The first-order valence-electron chi connectivity index (χ1n) is 11.5. The number of aliphatic hydroxyl groups is 1. The topological polar surface area (TPSA) is 62.5 Å². The molecule has 0 saturated carbocycles. The van der Waals surface area contributed by atoms with Crippen molar-refractivity contribution >= 4 is 50.0 Å². The predicted molar refractivity (Wildman–Crippen MR) is 142 cm³/mol. The summed E-state index contributed by atoms with van der Waals surface area (Å²) < 4.78 is 2.88. The number of nitrogens with zero attached hydrogens (tertiary/aromatic N) is 2. The van der Waals surface area contributed by atoms with Crippen LogP contribution in [0.4, 0.5) is 5.69 Å². The highest BCUT2D eigenvalue weighted by Crippen LogP contribution is 2.44. The Balaban J connectivity index is 1.79. The average Bonchev–Trinajstić information content (AvgIpc) is 3.34. The van der Waals surface area contributed by atoms with E-state index in [9.17, 15) is 14.7 Å². The van der Waals surface area contributed by atoms with Gasteiger partial charge >= 0.3 is 0 Å². The Kier molecular flexibility index (Phi) is 5.85. The van der Waals surface area contributed by atoms with Crippen molar-refractivity contribution in [1.29, 1.82) is 0 Å². The standard InChI is InChI=1S/C29H25BrN2O3/c1-4-18-9-12-20(13-10-18)32-26(22-16-31(3)24-8-6-5-7-21(22)24)25(28(34)29(32)35)27(33)19-11-14-23(30)17(2)15-19/h5-16,26,33H,4H2,1-3H3/b27-25+. The fourth-order valence-corrected chi connectivity index (χ4v) is 5.07. The third-order valence-electron chi connectivity index (χ3n) is 6.72. The highest BCUT2D eigenvalue weighted by Gasteiger charge is 2.47. The van der Waals surface area contributed by atoms with Crippen molar-refractivity contribution in [2.45, 2.75) is 26.3 Å². The molecule has 1 N–H and O–H groups in total. The van der Waals surface area contributed by atoms with Crippen LogP contribution >= 0.6 is 15.9 Å². The van der Waals surface area contributed by atoms with Gasteiger partial charge < -0.3 is 9.67 Å². The molecule has 0 spiro atoms. The highest BCUT2D eigenvalue weighted by molar-refractivity contribution is 9.10. The van der Waals surface area contributed by atoms with Gasteiger partial charge in [0.25, 0.3) is 11.7 Å². The van der Waals surface area contributed by atoms with Crippen LogP contribution in [0.15, 0.2) is 83.0 Å². The number of ketones is 1. The van der Waals surface area contributed by atoms with Crippen LogP contribution in [-0.2, 0) is 23.1 Å². The second kappa shape index (κ2) is 8.86. The molecule has 1 aromatic heterocycles. The largest absolute Gasteiger partial charge is 0.507 e. The molecule has 1 aliphatic heterocycles. The zero-order valence-corrected chi connectivity index (χ0v) is 21.3. The quantitative estimate of drug-likeness (QED) is 0.188. The molecule has 1 amide bonds. The summed E-state index contributed by atoms with van der Waals surface area (Å²) in [6, 6.07) is 20.2. The van der Waals surface area contributed by atoms with Gasteiger partial charge in [0.15, 0.2) is 0 Å². The summed E-state index contributed by atoms with van der Waals surface area (Å²) >= 11 is 3.48. The van der Waals surface area contributed by atoms with Gasteiger partial charge in [0.2, 0.25) is 0 Å². The number of anilines is 1. The summed E-state index contributed by atoms with van der Waals surface area (Å²) in [7, 11) is 1.94. The fourth-order valence-electron chi connectivity index (χ4n) is 4.82. The molecule has 176 valence electrons. The minimum atomic E-state index is -0.766. The lowest BCUT2D eigenvalue weighted by atomic mass is 9.94. The van der Waals surface area contributed by atoms with E-state index >= 15 is 0 Å². The lowest BCUT2D eigenvalue weighted by Gasteiger charge is -2.25. The van der Waals surface area contributed by atoms with E-state index in [2.05, 4.69) is 22.9 Å². The van der Waals surface area contributed by atoms with E-state index in [1.807, 2.05) is 85.4 Å². The molecule has 0 aliphatic carbocycles. The fraction of sp³-hybridized carbons (Fsp3) is 0.172. The summed E-state index contributed by atoms with van der Waals surface area (Å²) in [5.41, 5.74) is 5.03. The Labute approximate surface area is 212 Å². The van der Waals surface area contributed by atoms with Crippen LogP contribution in [0.25, 0.3) is 16.7 Å². The molecular formula is C29H25BrN2O3. The maximum absolute atomic E-state index is 13.5. The molecule has 4 aromatic rings. The van der Waals surface area contributed by atoms with Gasteiger partial charge in [0.1, 0.15) is 5.76 Å². The molecular weight excluding hydrogens is 504 g/mol. The molecule has 1 aliphatic rings. The van der Waals surface area contributed by atoms with E-state index in [4.69, 9.17) is 0 Å². The lowest BCUT2D eigenvalue weighted by Crippen LogP contribution is -2.29. The van der Waals surface area contributed by atoms with Crippen LogP contribution in [0.1, 0.15) is 35.2 Å². The number of hydrogen-bond acceptors (Lipinski definition) is 3. The molecule has 2 heterocycles. The van der Waals surface area contributed by atoms with Crippen LogP contribution in [0, 0.1) is 6.92 Å². The Hall–Kier alpha value is -3.64. The SMILES string of the molecule is CCc1ccc(N2C(=O)C(=O)/C(=C(/O)c3ccc(Br)c(C)c3)C2c2cn(C)c3ccccc23)cc1. The van der Waals surface area contributed by atoms with Crippen molar-refractivity contribution in [2.75, 3.05) is 4.90 Å². The number of fused-ring (bicyclic) bond motifs is 1. The van der Waals surface area contributed by atoms with Crippen molar-refractivity contribution in [1.82, 2.24) is 4.57 Å². The number of rotatable bonds is 4. The number of para-hydroxylation sites is 1.